The zero-order valence-electron chi connectivity index (χ0n) is 17.7. The van der Waals surface area contributed by atoms with Gasteiger partial charge in [0.25, 0.3) is 0 Å². The Morgan fingerprint density at radius 3 is 2.58 bits per heavy atom. The van der Waals surface area contributed by atoms with Crippen molar-refractivity contribution in [3.63, 3.8) is 0 Å². The van der Waals surface area contributed by atoms with Gasteiger partial charge in [-0.1, -0.05) is 30.3 Å². The number of nitrogens with zero attached hydrogens (tertiary/aromatic N) is 3. The fourth-order valence-corrected chi connectivity index (χ4v) is 3.80. The molecule has 3 aromatic rings. The van der Waals surface area contributed by atoms with E-state index in [0.29, 0.717) is 26.2 Å². The lowest BCUT2D eigenvalue weighted by Gasteiger charge is -2.35. The lowest BCUT2D eigenvalue weighted by molar-refractivity contribution is -0.120. The van der Waals surface area contributed by atoms with Gasteiger partial charge in [-0.3, -0.25) is 9.69 Å². The largest absolute Gasteiger partial charge is 0.497 e. The van der Waals surface area contributed by atoms with Gasteiger partial charge in [0.15, 0.2) is 0 Å². The molecule has 7 nitrogen and oxygen atoms in total. The minimum Gasteiger partial charge on any atom is -0.497 e. The molecule has 0 aliphatic carbocycles. The van der Waals surface area contributed by atoms with Crippen molar-refractivity contribution >= 4 is 5.91 Å². The summed E-state index contributed by atoms with van der Waals surface area (Å²) >= 11 is 0. The van der Waals surface area contributed by atoms with Crippen LogP contribution in [0.15, 0.2) is 67.0 Å². The predicted octanol–water partition coefficient (Wildman–Crippen LogP) is 2.61. The fraction of sp³-hybridized carbons (Fsp3) is 0.333. The minimum absolute atomic E-state index is 0.0145. The Labute approximate surface area is 182 Å². The van der Waals surface area contributed by atoms with Crippen molar-refractivity contribution in [3.8, 4) is 11.4 Å². The highest BCUT2D eigenvalue weighted by atomic mass is 16.5. The number of ether oxygens (including phenoxy) is 2. The molecule has 1 aliphatic heterocycles. The molecule has 1 unspecified atom stereocenters. The van der Waals surface area contributed by atoms with Crippen molar-refractivity contribution in [2.75, 3.05) is 40.0 Å². The van der Waals surface area contributed by atoms with Crippen LogP contribution in [-0.2, 0) is 16.0 Å². The van der Waals surface area contributed by atoms with E-state index in [1.165, 1.54) is 0 Å². The molecule has 1 amide bonds. The molecule has 0 radical (unpaired) electrons. The number of methoxy groups -OCH3 is 1. The Balaban J connectivity index is 1.39. The Morgan fingerprint density at radius 1 is 1.13 bits per heavy atom. The second-order valence-electron chi connectivity index (χ2n) is 7.55. The summed E-state index contributed by atoms with van der Waals surface area (Å²) in [5, 5.41) is 7.49. The van der Waals surface area contributed by atoms with Gasteiger partial charge in [-0.15, -0.1) is 0 Å². The van der Waals surface area contributed by atoms with Gasteiger partial charge in [0.05, 0.1) is 44.7 Å². The van der Waals surface area contributed by atoms with E-state index in [1.54, 1.807) is 18.0 Å². The SMILES string of the molecule is COc1ccc(C(CNC(=O)Cc2cnn(-c3ccccc3)c2)N2CCOCC2)cc1. The molecular weight excluding hydrogens is 392 g/mol. The van der Waals surface area contributed by atoms with E-state index in [0.717, 1.165) is 35.7 Å². The smallest absolute Gasteiger partial charge is 0.224 e. The molecule has 0 saturated carbocycles. The molecule has 1 saturated heterocycles. The average Bonchev–Trinajstić information content (AvgIpc) is 3.29. The number of amides is 1. The number of carbonyl (C=O) groups is 1. The van der Waals surface area contributed by atoms with Crippen LogP contribution in [0.3, 0.4) is 0 Å². The molecule has 1 N–H and O–H groups in total. The Morgan fingerprint density at radius 2 is 1.87 bits per heavy atom. The first-order valence-corrected chi connectivity index (χ1v) is 10.5. The first-order chi connectivity index (χ1) is 15.2. The molecule has 7 heteroatoms. The molecule has 1 atom stereocenters. The molecule has 31 heavy (non-hydrogen) atoms. The molecule has 1 aliphatic rings. The summed E-state index contributed by atoms with van der Waals surface area (Å²) in [4.78, 5) is 15.0. The van der Waals surface area contributed by atoms with Crippen LogP contribution in [0.5, 0.6) is 5.75 Å². The summed E-state index contributed by atoms with van der Waals surface area (Å²) in [5.74, 6) is 0.809. The minimum atomic E-state index is -0.0145. The Bertz CT molecular complexity index is 966. The van der Waals surface area contributed by atoms with E-state index in [1.807, 2.05) is 48.7 Å². The van der Waals surface area contributed by atoms with Gasteiger partial charge in [-0.05, 0) is 35.4 Å². The standard InChI is InChI=1S/C24H28N4O3/c1-30-22-9-7-20(8-10-22)23(27-11-13-31-14-12-27)17-25-24(29)15-19-16-26-28(18-19)21-5-3-2-4-6-21/h2-10,16,18,23H,11-15,17H2,1H3,(H,25,29). The highest BCUT2D eigenvalue weighted by Gasteiger charge is 2.23. The molecular formula is C24H28N4O3. The van der Waals surface area contributed by atoms with Gasteiger partial charge in [-0.25, -0.2) is 4.68 Å². The Kier molecular flexibility index (Phi) is 6.96. The van der Waals surface area contributed by atoms with Crippen LogP contribution in [0, 0.1) is 0 Å². The molecule has 0 bridgehead atoms. The van der Waals surface area contributed by atoms with E-state index in [-0.39, 0.29) is 11.9 Å². The van der Waals surface area contributed by atoms with Crippen LogP contribution in [0.4, 0.5) is 0 Å². The summed E-state index contributed by atoms with van der Waals surface area (Å²) in [6.45, 7) is 3.64. The maximum absolute atomic E-state index is 12.7. The molecule has 1 aromatic heterocycles. The van der Waals surface area contributed by atoms with Crippen molar-refractivity contribution in [1.29, 1.82) is 0 Å². The summed E-state index contributed by atoms with van der Waals surface area (Å²) in [6, 6.07) is 18.0. The molecule has 0 spiro atoms. The van der Waals surface area contributed by atoms with Gasteiger partial charge in [-0.2, -0.15) is 5.10 Å². The second-order valence-corrected chi connectivity index (χ2v) is 7.55. The van der Waals surface area contributed by atoms with E-state index in [4.69, 9.17) is 9.47 Å². The molecule has 2 heterocycles. The number of hydrogen-bond donors (Lipinski definition) is 1. The van der Waals surface area contributed by atoms with Crippen LogP contribution in [0.1, 0.15) is 17.2 Å². The summed E-state index contributed by atoms with van der Waals surface area (Å²) < 4.78 is 12.6. The number of hydrogen-bond acceptors (Lipinski definition) is 5. The first-order valence-electron chi connectivity index (χ1n) is 10.5. The number of para-hydroxylation sites is 1. The highest BCUT2D eigenvalue weighted by molar-refractivity contribution is 5.78. The number of nitrogens with one attached hydrogen (secondary N) is 1. The highest BCUT2D eigenvalue weighted by Crippen LogP contribution is 2.23. The Hall–Kier alpha value is -3.16. The van der Waals surface area contributed by atoms with Gasteiger partial charge >= 0.3 is 0 Å². The number of benzene rings is 2. The third-order valence-electron chi connectivity index (χ3n) is 5.50. The number of rotatable bonds is 8. The molecule has 162 valence electrons. The number of carbonyl (C=O) groups excluding carboxylic acids is 1. The van der Waals surface area contributed by atoms with Crippen molar-refractivity contribution < 1.29 is 14.3 Å². The first kappa shape index (κ1) is 21.1. The van der Waals surface area contributed by atoms with Gasteiger partial charge in [0, 0.05) is 25.8 Å². The lowest BCUT2D eigenvalue weighted by atomic mass is 10.0. The molecule has 4 rings (SSSR count). The van der Waals surface area contributed by atoms with Gasteiger partial charge < -0.3 is 14.8 Å². The molecule has 2 aromatic carbocycles. The van der Waals surface area contributed by atoms with Crippen LogP contribution in [0.2, 0.25) is 0 Å². The number of morpholine rings is 1. The van der Waals surface area contributed by atoms with Crippen LogP contribution < -0.4 is 10.1 Å². The van der Waals surface area contributed by atoms with E-state index >= 15 is 0 Å². The van der Waals surface area contributed by atoms with E-state index in [9.17, 15) is 4.79 Å². The summed E-state index contributed by atoms with van der Waals surface area (Å²) in [6.07, 6.45) is 3.94. The normalized spacial score (nSPS) is 15.4. The van der Waals surface area contributed by atoms with Crippen molar-refractivity contribution in [2.24, 2.45) is 0 Å². The second kappa shape index (κ2) is 10.2. The maximum atomic E-state index is 12.7. The van der Waals surface area contributed by atoms with E-state index < -0.39 is 0 Å². The average molecular weight is 421 g/mol. The third kappa shape index (κ3) is 5.51. The lowest BCUT2D eigenvalue weighted by Crippen LogP contribution is -2.44. The van der Waals surface area contributed by atoms with Gasteiger partial charge in [0.1, 0.15) is 5.75 Å². The third-order valence-corrected chi connectivity index (χ3v) is 5.50. The monoisotopic (exact) mass is 420 g/mol. The zero-order valence-corrected chi connectivity index (χ0v) is 17.7. The van der Waals surface area contributed by atoms with Gasteiger partial charge in [0.2, 0.25) is 5.91 Å². The summed E-state index contributed by atoms with van der Waals surface area (Å²) in [7, 11) is 1.66. The molecule has 1 fully saturated rings. The number of aromatic nitrogens is 2. The maximum Gasteiger partial charge on any atom is 0.224 e. The van der Waals surface area contributed by atoms with Crippen molar-refractivity contribution in [2.45, 2.75) is 12.5 Å². The van der Waals surface area contributed by atoms with Crippen molar-refractivity contribution in [3.05, 3.63) is 78.1 Å². The van der Waals surface area contributed by atoms with E-state index in [2.05, 4.69) is 27.4 Å². The fourth-order valence-electron chi connectivity index (χ4n) is 3.80. The predicted molar refractivity (Wildman–Crippen MR) is 118 cm³/mol. The topological polar surface area (TPSA) is 68.6 Å². The zero-order chi connectivity index (χ0) is 21.5. The van der Waals surface area contributed by atoms with Crippen LogP contribution in [0.25, 0.3) is 5.69 Å². The van der Waals surface area contributed by atoms with Crippen LogP contribution >= 0.6 is 0 Å². The quantitative estimate of drug-likeness (QED) is 0.607. The summed E-state index contributed by atoms with van der Waals surface area (Å²) in [5.41, 5.74) is 3.01. The van der Waals surface area contributed by atoms with Crippen LogP contribution in [-0.4, -0.2) is 60.5 Å². The van der Waals surface area contributed by atoms with Crippen molar-refractivity contribution in [1.82, 2.24) is 20.0 Å².